The molecule has 2 unspecified atom stereocenters. The van der Waals surface area contributed by atoms with Crippen LogP contribution in [0.2, 0.25) is 0 Å². The fourth-order valence-electron chi connectivity index (χ4n) is 4.90. The number of alkyl halides is 2. The Kier molecular flexibility index (Phi) is 6.15. The molecule has 0 radical (unpaired) electrons. The van der Waals surface area contributed by atoms with E-state index in [9.17, 15) is 8.78 Å². The SMILES string of the molecule is CCC1(C)C(n2c(C(F)F)nc3ccccc32)=NC(N2CCOCC2)=NC1N1CCOCC1. The summed E-state index contributed by atoms with van der Waals surface area (Å²) in [6, 6.07) is 7.25. The van der Waals surface area contributed by atoms with Crippen molar-refractivity contribution in [3.63, 3.8) is 0 Å². The van der Waals surface area contributed by atoms with Crippen molar-refractivity contribution in [3.05, 3.63) is 30.1 Å². The number of morpholine rings is 2. The number of fused-ring (bicyclic) bond motifs is 1. The van der Waals surface area contributed by atoms with Gasteiger partial charge in [0, 0.05) is 26.2 Å². The summed E-state index contributed by atoms with van der Waals surface area (Å²) in [6.07, 6.45) is -2.29. The number of rotatable bonds is 3. The van der Waals surface area contributed by atoms with Crippen LogP contribution in [0, 0.1) is 5.41 Å². The molecule has 2 atom stereocenters. The number of ether oxygens (including phenoxy) is 2. The number of guanidine groups is 1. The number of aromatic nitrogens is 2. The maximum Gasteiger partial charge on any atom is 0.296 e. The van der Waals surface area contributed by atoms with Gasteiger partial charge in [0.15, 0.2) is 5.82 Å². The van der Waals surface area contributed by atoms with Crippen LogP contribution in [0.3, 0.4) is 0 Å². The Hall–Kier alpha value is -2.43. The molecule has 0 N–H and O–H groups in total. The third-order valence-corrected chi connectivity index (χ3v) is 6.94. The minimum atomic E-state index is -2.73. The number of halogens is 2. The van der Waals surface area contributed by atoms with E-state index >= 15 is 0 Å². The van der Waals surface area contributed by atoms with E-state index < -0.39 is 11.8 Å². The summed E-state index contributed by atoms with van der Waals surface area (Å²) in [5.74, 6) is 0.870. The Labute approximate surface area is 191 Å². The van der Waals surface area contributed by atoms with Gasteiger partial charge in [-0.1, -0.05) is 19.1 Å². The van der Waals surface area contributed by atoms with Gasteiger partial charge in [-0.3, -0.25) is 9.47 Å². The summed E-state index contributed by atoms with van der Waals surface area (Å²) in [6.45, 7) is 9.39. The van der Waals surface area contributed by atoms with Crippen LogP contribution in [0.15, 0.2) is 34.3 Å². The number of para-hydroxylation sites is 2. The maximum atomic E-state index is 14.3. The summed E-state index contributed by atoms with van der Waals surface area (Å²) in [4.78, 5) is 18.8. The maximum absolute atomic E-state index is 14.3. The van der Waals surface area contributed by atoms with Gasteiger partial charge in [0.05, 0.1) is 42.9 Å². The van der Waals surface area contributed by atoms with Gasteiger partial charge in [-0.15, -0.1) is 0 Å². The van der Waals surface area contributed by atoms with Crippen LogP contribution in [0.1, 0.15) is 32.5 Å². The van der Waals surface area contributed by atoms with Gasteiger partial charge in [0.1, 0.15) is 12.0 Å². The van der Waals surface area contributed by atoms with Crippen LogP contribution in [0.4, 0.5) is 8.78 Å². The minimum Gasteiger partial charge on any atom is -0.379 e. The van der Waals surface area contributed by atoms with Crippen LogP contribution in [0.25, 0.3) is 11.0 Å². The minimum absolute atomic E-state index is 0.247. The summed E-state index contributed by atoms with van der Waals surface area (Å²) in [5, 5.41) is 0. The average molecular weight is 461 g/mol. The highest BCUT2D eigenvalue weighted by molar-refractivity contribution is 6.06. The summed E-state index contributed by atoms with van der Waals surface area (Å²) < 4.78 is 41.2. The highest BCUT2D eigenvalue weighted by atomic mass is 19.3. The molecule has 8 nitrogen and oxygen atoms in total. The molecule has 10 heteroatoms. The predicted molar refractivity (Wildman–Crippen MR) is 122 cm³/mol. The van der Waals surface area contributed by atoms with Crippen molar-refractivity contribution >= 4 is 22.8 Å². The Morgan fingerprint density at radius 2 is 1.73 bits per heavy atom. The van der Waals surface area contributed by atoms with Crippen LogP contribution < -0.4 is 0 Å². The zero-order valence-electron chi connectivity index (χ0n) is 19.1. The van der Waals surface area contributed by atoms with Crippen molar-refractivity contribution in [1.29, 1.82) is 0 Å². The fraction of sp³-hybridized carbons (Fsp3) is 0.609. The van der Waals surface area contributed by atoms with E-state index in [1.807, 2.05) is 18.2 Å². The predicted octanol–water partition coefficient (Wildman–Crippen LogP) is 3.00. The molecule has 0 aliphatic carbocycles. The lowest BCUT2D eigenvalue weighted by Crippen LogP contribution is -2.57. The van der Waals surface area contributed by atoms with Crippen molar-refractivity contribution in [2.24, 2.45) is 15.4 Å². The van der Waals surface area contributed by atoms with Crippen molar-refractivity contribution in [3.8, 4) is 0 Å². The van der Waals surface area contributed by atoms with Gasteiger partial charge in [0.2, 0.25) is 5.96 Å². The zero-order valence-corrected chi connectivity index (χ0v) is 19.1. The van der Waals surface area contributed by atoms with E-state index in [0.717, 1.165) is 13.1 Å². The Morgan fingerprint density at radius 3 is 2.39 bits per heavy atom. The molecule has 0 bridgehead atoms. The first-order chi connectivity index (χ1) is 16.0. The second kappa shape index (κ2) is 9.08. The third kappa shape index (κ3) is 3.94. The Bertz CT molecular complexity index is 1060. The van der Waals surface area contributed by atoms with Gasteiger partial charge in [0.25, 0.3) is 6.43 Å². The van der Waals surface area contributed by atoms with Gasteiger partial charge in [-0.05, 0) is 25.5 Å². The van der Waals surface area contributed by atoms with Gasteiger partial charge < -0.3 is 14.4 Å². The number of imidazole rings is 1. The smallest absolute Gasteiger partial charge is 0.296 e. The molecule has 0 amide bonds. The van der Waals surface area contributed by atoms with E-state index in [2.05, 4.69) is 28.6 Å². The first-order valence-corrected chi connectivity index (χ1v) is 11.6. The number of benzene rings is 1. The number of aliphatic imine (C=N–C) groups is 2. The molecule has 5 rings (SSSR count). The lowest BCUT2D eigenvalue weighted by Gasteiger charge is -2.46. The van der Waals surface area contributed by atoms with Gasteiger partial charge in [-0.2, -0.15) is 4.99 Å². The molecule has 0 spiro atoms. The van der Waals surface area contributed by atoms with Crippen molar-refractivity contribution < 1.29 is 18.3 Å². The number of hydrogen-bond acceptors (Lipinski definition) is 7. The molecule has 3 aliphatic rings. The first kappa shape index (κ1) is 22.4. The van der Waals surface area contributed by atoms with E-state index in [1.54, 1.807) is 10.6 Å². The van der Waals surface area contributed by atoms with Crippen molar-refractivity contribution in [2.45, 2.75) is 32.9 Å². The quantitative estimate of drug-likeness (QED) is 0.705. The molecule has 33 heavy (non-hydrogen) atoms. The molecule has 178 valence electrons. The average Bonchev–Trinajstić information content (AvgIpc) is 3.25. The highest BCUT2D eigenvalue weighted by Gasteiger charge is 2.47. The van der Waals surface area contributed by atoms with Crippen molar-refractivity contribution in [2.75, 3.05) is 52.6 Å². The van der Waals surface area contributed by atoms with Crippen molar-refractivity contribution in [1.82, 2.24) is 19.4 Å². The lowest BCUT2D eigenvalue weighted by molar-refractivity contribution is -0.00461. The largest absolute Gasteiger partial charge is 0.379 e. The van der Waals surface area contributed by atoms with Gasteiger partial charge >= 0.3 is 0 Å². The van der Waals surface area contributed by atoms with Crippen LogP contribution in [-0.4, -0.2) is 89.9 Å². The van der Waals surface area contributed by atoms with E-state index in [0.29, 0.717) is 68.8 Å². The summed E-state index contributed by atoms with van der Waals surface area (Å²) in [7, 11) is 0. The topological polar surface area (TPSA) is 67.5 Å². The zero-order chi connectivity index (χ0) is 23.0. The van der Waals surface area contributed by atoms with E-state index in [4.69, 9.17) is 19.5 Å². The third-order valence-electron chi connectivity index (χ3n) is 6.94. The van der Waals surface area contributed by atoms with E-state index in [1.165, 1.54) is 0 Å². The first-order valence-electron chi connectivity index (χ1n) is 11.6. The highest BCUT2D eigenvalue weighted by Crippen LogP contribution is 2.39. The standard InChI is InChI=1S/C23H30F2N6O2/c1-3-23(2)20(29-8-12-32-13-9-29)27-22(30-10-14-33-15-11-30)28-21(23)31-17-7-5-4-6-16(17)26-19(31)18(24)25/h4-7,18,20H,3,8-15H2,1-2H3. The molecule has 1 aromatic carbocycles. The second-order valence-electron chi connectivity index (χ2n) is 8.85. The molecule has 4 heterocycles. The van der Waals surface area contributed by atoms with Crippen LogP contribution >= 0.6 is 0 Å². The van der Waals surface area contributed by atoms with E-state index in [-0.39, 0.29) is 12.0 Å². The molecule has 3 aliphatic heterocycles. The molecule has 0 saturated carbocycles. The summed E-state index contributed by atoms with van der Waals surface area (Å²) >= 11 is 0. The molecule has 2 fully saturated rings. The second-order valence-corrected chi connectivity index (χ2v) is 8.85. The van der Waals surface area contributed by atoms with Crippen LogP contribution in [0.5, 0.6) is 0 Å². The molecular formula is C23H30F2N6O2. The normalized spacial score (nSPS) is 27.2. The van der Waals surface area contributed by atoms with Gasteiger partial charge in [-0.25, -0.2) is 18.8 Å². The number of hydrogen-bond donors (Lipinski definition) is 0. The molecular weight excluding hydrogens is 430 g/mol. The summed E-state index contributed by atoms with van der Waals surface area (Å²) in [5.41, 5.74) is 0.572. The molecule has 2 saturated heterocycles. The molecule has 2 aromatic rings. The number of nitrogens with zero attached hydrogens (tertiary/aromatic N) is 6. The lowest BCUT2D eigenvalue weighted by atomic mass is 9.80. The fourth-order valence-corrected chi connectivity index (χ4v) is 4.90. The Morgan fingerprint density at radius 1 is 1.06 bits per heavy atom. The van der Waals surface area contributed by atoms with Crippen LogP contribution in [-0.2, 0) is 9.47 Å². The molecule has 1 aromatic heterocycles. The Balaban J connectivity index is 1.70. The monoisotopic (exact) mass is 460 g/mol.